The van der Waals surface area contributed by atoms with Gasteiger partial charge in [-0.3, -0.25) is 0 Å². The molecule has 0 heterocycles. The first-order chi connectivity index (χ1) is 16.5. The fraction of sp³-hybridized carbons (Fsp3) is 0. The minimum atomic E-state index is -1.09. The van der Waals surface area contributed by atoms with Crippen molar-refractivity contribution < 1.29 is 0 Å². The number of hydrogen-bond acceptors (Lipinski definition) is 1. The molecule has 0 nitrogen and oxygen atoms in total. The third-order valence-corrected chi connectivity index (χ3v) is 7.36. The average molecular weight is 410 g/mol. The van der Waals surface area contributed by atoms with Crippen LogP contribution in [0.5, 0.6) is 0 Å². The molecule has 0 aromatic carbocycles. The molecule has 0 spiro atoms. The summed E-state index contributed by atoms with van der Waals surface area (Å²) in [5.74, 6) is 0. The first-order valence-corrected chi connectivity index (χ1v) is 12.0. The van der Waals surface area contributed by atoms with Gasteiger partial charge in [0.1, 0.15) is 0 Å². The second-order valence-corrected chi connectivity index (χ2v) is 9.84. The van der Waals surface area contributed by atoms with Crippen molar-refractivity contribution in [3.63, 3.8) is 0 Å². The van der Waals surface area contributed by atoms with E-state index in [1.165, 1.54) is 13.1 Å². The van der Waals surface area contributed by atoms with Crippen LogP contribution in [-0.4, -0.2) is 247 Å². The zero-order chi connectivity index (χ0) is 28.7. The quantitative estimate of drug-likeness (QED) is 0.215. The van der Waals surface area contributed by atoms with Crippen molar-refractivity contribution in [2.24, 2.45) is 0 Å². The Bertz CT molecular complexity index is 537. The van der Waals surface area contributed by atoms with Gasteiger partial charge in [-0.05, 0) is 0 Å². The fourth-order valence-electron chi connectivity index (χ4n) is 5.57. The van der Waals surface area contributed by atoms with E-state index in [1.54, 1.807) is 0 Å². The summed E-state index contributed by atoms with van der Waals surface area (Å²) in [5, 5.41) is 0. The molecule has 0 aromatic heterocycles. The molecule has 0 amide bonds. The van der Waals surface area contributed by atoms with Crippen LogP contribution in [0.3, 0.4) is 0 Å². The molecular weight excluding hydrogens is 410 g/mol. The standard InChI is InChI=1S/B35S/c1-18-28(20(2)3)33(27(16)17)35(32(25(12)13)26(14)15)29(19-36)34(30(21(4)5)22(6)7)31(23(8)9)24(10)11. The molecule has 0 rings (SSSR count). The maximum atomic E-state index is 6.26. The normalized spacial score (nSPS) is 9.33. The fourth-order valence-corrected chi connectivity index (χ4v) is 5.93. The van der Waals surface area contributed by atoms with Gasteiger partial charge in [-0.25, -0.2) is 0 Å². The molecule has 111 valence electrons. The first-order valence-electron chi connectivity index (χ1n) is 11.6. The summed E-state index contributed by atoms with van der Waals surface area (Å²) in [5.41, 5.74) is 0. The molecule has 0 N–H and O–H groups in total. The van der Waals surface area contributed by atoms with E-state index in [-0.39, 0.29) is 0 Å². The SMILES string of the molecule is [B][B]B(B([B])[B])B(B([B])[B])B(B(B=S)B(B(B([B])[B])B([B])[B])B(B([B])[B])B([B])[B])B(B([B])[B])B([B])[B]. The Morgan fingerprint density at radius 2 is 0.583 bits per heavy atom. The minimum absolute atomic E-state index is 0.777. The van der Waals surface area contributed by atoms with Crippen LogP contribution in [0.25, 0.3) is 0 Å². The Morgan fingerprint density at radius 1 is 0.333 bits per heavy atom. The third kappa shape index (κ3) is 10.4. The number of hydrogen-bond donors (Lipinski definition) is 0. The molecular formula is B35S. The van der Waals surface area contributed by atoms with Crippen molar-refractivity contribution >= 4 is 259 Å². The van der Waals surface area contributed by atoms with Gasteiger partial charge < -0.3 is 0 Å². The summed E-state index contributed by atoms with van der Waals surface area (Å²) < 4.78 is 0. The molecule has 0 saturated carbocycles. The van der Waals surface area contributed by atoms with E-state index in [4.69, 9.17) is 144 Å². The summed E-state index contributed by atoms with van der Waals surface area (Å²) in [4.78, 5) is 0. The van der Waals surface area contributed by atoms with Crippen molar-refractivity contribution in [1.29, 1.82) is 0 Å². The van der Waals surface area contributed by atoms with Crippen LogP contribution in [0, 0.1) is 0 Å². The summed E-state index contributed by atoms with van der Waals surface area (Å²) >= 11 is 5.50. The topological polar surface area (TPSA) is 0 Å². The monoisotopic (exact) mass is 417 g/mol. The molecule has 0 aromatic rings. The Morgan fingerprint density at radius 3 is 0.750 bits per heavy atom. The van der Waals surface area contributed by atoms with E-state index in [9.17, 15) is 0 Å². The van der Waals surface area contributed by atoms with Gasteiger partial charge in [-0.1, -0.05) is 0 Å². The molecule has 0 aliphatic heterocycles. The Hall–Kier alpha value is 2.49. The van der Waals surface area contributed by atoms with Crippen LogP contribution in [0.2, 0.25) is 0 Å². The third-order valence-electron chi connectivity index (χ3n) is 7.05. The van der Waals surface area contributed by atoms with E-state index in [0.29, 0.717) is 0 Å². The second kappa shape index (κ2) is 18.1. The van der Waals surface area contributed by atoms with Gasteiger partial charge >= 0.3 is 259 Å². The molecule has 0 fully saturated rings. The molecule has 0 bridgehead atoms. The summed E-state index contributed by atoms with van der Waals surface area (Å²) in [6, 6.07) is 1.40. The zero-order valence-corrected chi connectivity index (χ0v) is 21.4. The molecule has 0 aliphatic carbocycles. The van der Waals surface area contributed by atoms with Crippen LogP contribution in [0.1, 0.15) is 0 Å². The van der Waals surface area contributed by atoms with Crippen LogP contribution >= 0.6 is 12.1 Å². The van der Waals surface area contributed by atoms with Crippen LogP contribution in [0.4, 0.5) is 0 Å². The molecule has 0 atom stereocenters. The maximum absolute atomic E-state index is 6.26. The van der Waals surface area contributed by atoms with E-state index in [2.05, 4.69) is 0 Å². The predicted molar refractivity (Wildman–Crippen MR) is 209 cm³/mol. The molecule has 0 unspecified atom stereocenters. The van der Waals surface area contributed by atoms with E-state index < -0.39 is 102 Å². The Labute approximate surface area is 257 Å². The summed E-state index contributed by atoms with van der Waals surface area (Å²) in [6.45, 7) is 0. The van der Waals surface area contributed by atoms with Gasteiger partial charge in [0, 0.05) is 0 Å². The van der Waals surface area contributed by atoms with Crippen molar-refractivity contribution in [1.82, 2.24) is 0 Å². The predicted octanol–water partition coefficient (Wildman–Crippen LogP) is -12.7. The average Bonchev–Trinajstić information content (AvgIpc) is 2.69. The van der Waals surface area contributed by atoms with Crippen LogP contribution < -0.4 is 0 Å². The van der Waals surface area contributed by atoms with Crippen molar-refractivity contribution in [2.75, 3.05) is 0 Å². The van der Waals surface area contributed by atoms with E-state index >= 15 is 0 Å². The zero-order valence-electron chi connectivity index (χ0n) is 20.6. The second-order valence-electron chi connectivity index (χ2n) is 9.57. The van der Waals surface area contributed by atoms with Crippen LogP contribution in [0.15, 0.2) is 0 Å². The molecule has 0 saturated heterocycles. The van der Waals surface area contributed by atoms with Gasteiger partial charge in [0.2, 0.25) is 0 Å². The molecule has 0 aliphatic rings. The Balaban J connectivity index is 7.58. The molecule has 36 heavy (non-hydrogen) atoms. The van der Waals surface area contributed by atoms with Gasteiger partial charge in [0.05, 0.1) is 0 Å². The van der Waals surface area contributed by atoms with Crippen LogP contribution in [-0.2, 0) is 0 Å². The van der Waals surface area contributed by atoms with Gasteiger partial charge in [-0.2, -0.15) is 0 Å². The van der Waals surface area contributed by atoms with E-state index in [1.807, 2.05) is 0 Å². The Kier molecular flexibility index (Phi) is 19.4. The van der Waals surface area contributed by atoms with E-state index in [0.717, 1.165) is 0 Å². The first kappa shape index (κ1) is 38.5. The molecule has 36 heteroatoms. The van der Waals surface area contributed by atoms with Crippen molar-refractivity contribution in [3.05, 3.63) is 0 Å². The van der Waals surface area contributed by atoms with Gasteiger partial charge in [0.25, 0.3) is 0 Å². The van der Waals surface area contributed by atoms with Gasteiger partial charge in [-0.15, -0.1) is 0 Å². The summed E-state index contributed by atoms with van der Waals surface area (Å²) in [6.07, 6.45) is -15.4. The number of rotatable bonds is 17. The summed E-state index contributed by atoms with van der Waals surface area (Å²) in [7, 11) is 105. The van der Waals surface area contributed by atoms with Crippen molar-refractivity contribution in [2.45, 2.75) is 0 Å². The molecule has 35 radical (unpaired) electrons. The van der Waals surface area contributed by atoms with Gasteiger partial charge in [0.15, 0.2) is 0 Å². The van der Waals surface area contributed by atoms with Crippen molar-refractivity contribution in [3.8, 4) is 0 Å².